The molecule has 1 N–H and O–H groups in total. The summed E-state index contributed by atoms with van der Waals surface area (Å²) in [5.41, 5.74) is 1.11. The van der Waals surface area contributed by atoms with Gasteiger partial charge < -0.3 is 24.3 Å². The summed E-state index contributed by atoms with van der Waals surface area (Å²) >= 11 is 0. The average molecular weight is 267 g/mol. The predicted molar refractivity (Wildman–Crippen MR) is 72.2 cm³/mol. The Balaban J connectivity index is 1.97. The van der Waals surface area contributed by atoms with Crippen LogP contribution in [0.5, 0.6) is 17.2 Å². The van der Waals surface area contributed by atoms with Gasteiger partial charge >= 0.3 is 0 Å². The molecular weight excluding hydrogens is 246 g/mol. The molecule has 0 unspecified atom stereocenters. The average Bonchev–Trinajstić information content (AvgIpc) is 2.46. The van der Waals surface area contributed by atoms with Gasteiger partial charge in [-0.05, 0) is 24.6 Å². The lowest BCUT2D eigenvalue weighted by atomic mass is 10.1. The number of methoxy groups -OCH3 is 1. The molecule has 0 aliphatic carbocycles. The van der Waals surface area contributed by atoms with E-state index >= 15 is 0 Å². The van der Waals surface area contributed by atoms with Crippen LogP contribution < -0.4 is 19.5 Å². The third kappa shape index (κ3) is 3.75. The minimum absolute atomic E-state index is 0.565. The van der Waals surface area contributed by atoms with Crippen molar-refractivity contribution in [1.82, 2.24) is 5.32 Å². The highest BCUT2D eigenvalue weighted by atomic mass is 16.6. The van der Waals surface area contributed by atoms with Crippen molar-refractivity contribution < 1.29 is 18.9 Å². The number of ether oxygens (including phenoxy) is 4. The van der Waals surface area contributed by atoms with Gasteiger partial charge in [0.25, 0.3) is 0 Å². The van der Waals surface area contributed by atoms with Crippen molar-refractivity contribution in [3.8, 4) is 17.2 Å². The van der Waals surface area contributed by atoms with Crippen LogP contribution in [-0.4, -0.2) is 40.1 Å². The fraction of sp³-hybridized carbons (Fsp3) is 0.571. The first kappa shape index (κ1) is 14.0. The van der Waals surface area contributed by atoms with Crippen LogP contribution in [0.3, 0.4) is 0 Å². The van der Waals surface area contributed by atoms with Gasteiger partial charge in [-0.15, -0.1) is 0 Å². The number of fused-ring (bicyclic) bond motifs is 1. The molecule has 0 bridgehead atoms. The molecule has 106 valence electrons. The van der Waals surface area contributed by atoms with Crippen LogP contribution in [0.1, 0.15) is 12.5 Å². The first-order valence-corrected chi connectivity index (χ1v) is 6.60. The van der Waals surface area contributed by atoms with Crippen molar-refractivity contribution in [3.05, 3.63) is 17.7 Å². The molecule has 19 heavy (non-hydrogen) atoms. The van der Waals surface area contributed by atoms with Gasteiger partial charge in [-0.3, -0.25) is 0 Å². The third-order valence-electron chi connectivity index (χ3n) is 2.84. The van der Waals surface area contributed by atoms with Gasteiger partial charge in [0, 0.05) is 19.7 Å². The molecule has 1 aliphatic rings. The maximum absolute atomic E-state index is 5.59. The molecule has 1 aliphatic heterocycles. The SMILES string of the molecule is CCOCCNCc1cc(OC)c2c(c1)OCCO2. The molecule has 0 saturated carbocycles. The molecule has 0 saturated heterocycles. The minimum Gasteiger partial charge on any atom is -0.493 e. The van der Waals surface area contributed by atoms with Crippen molar-refractivity contribution in [2.24, 2.45) is 0 Å². The van der Waals surface area contributed by atoms with Gasteiger partial charge in [0.15, 0.2) is 11.5 Å². The Labute approximate surface area is 113 Å². The molecule has 1 heterocycles. The summed E-state index contributed by atoms with van der Waals surface area (Å²) in [5, 5.41) is 3.32. The molecule has 0 aromatic heterocycles. The van der Waals surface area contributed by atoms with E-state index in [4.69, 9.17) is 18.9 Å². The zero-order valence-electron chi connectivity index (χ0n) is 11.5. The summed E-state index contributed by atoms with van der Waals surface area (Å²) in [6, 6.07) is 3.96. The lowest BCUT2D eigenvalue weighted by Crippen LogP contribution is -2.20. The highest BCUT2D eigenvalue weighted by Crippen LogP contribution is 2.40. The van der Waals surface area contributed by atoms with Gasteiger partial charge in [-0.2, -0.15) is 0 Å². The molecule has 1 aromatic carbocycles. The number of benzene rings is 1. The second-order valence-corrected chi connectivity index (χ2v) is 4.20. The minimum atomic E-state index is 0.565. The molecule has 0 spiro atoms. The second-order valence-electron chi connectivity index (χ2n) is 4.20. The van der Waals surface area contributed by atoms with E-state index in [0.717, 1.165) is 43.4 Å². The van der Waals surface area contributed by atoms with Crippen LogP contribution in [0.15, 0.2) is 12.1 Å². The molecule has 2 rings (SSSR count). The quantitative estimate of drug-likeness (QED) is 0.760. The van der Waals surface area contributed by atoms with E-state index in [1.165, 1.54) is 0 Å². The van der Waals surface area contributed by atoms with E-state index in [-0.39, 0.29) is 0 Å². The highest BCUT2D eigenvalue weighted by Gasteiger charge is 2.18. The molecule has 5 heteroatoms. The smallest absolute Gasteiger partial charge is 0.203 e. The lowest BCUT2D eigenvalue weighted by Gasteiger charge is -2.21. The normalized spacial score (nSPS) is 13.4. The van der Waals surface area contributed by atoms with E-state index in [9.17, 15) is 0 Å². The third-order valence-corrected chi connectivity index (χ3v) is 2.84. The van der Waals surface area contributed by atoms with Crippen LogP contribution in [0.4, 0.5) is 0 Å². The molecule has 0 amide bonds. The Kier molecular flexibility index (Phi) is 5.30. The second kappa shape index (κ2) is 7.21. The van der Waals surface area contributed by atoms with Gasteiger partial charge in [-0.1, -0.05) is 0 Å². The number of hydrogen-bond donors (Lipinski definition) is 1. The van der Waals surface area contributed by atoms with Gasteiger partial charge in [0.2, 0.25) is 5.75 Å². The van der Waals surface area contributed by atoms with Crippen LogP contribution in [0.2, 0.25) is 0 Å². The van der Waals surface area contributed by atoms with Crippen molar-refractivity contribution in [1.29, 1.82) is 0 Å². The summed E-state index contributed by atoms with van der Waals surface area (Å²) < 4.78 is 21.8. The topological polar surface area (TPSA) is 49.0 Å². The van der Waals surface area contributed by atoms with Crippen LogP contribution in [0.25, 0.3) is 0 Å². The maximum atomic E-state index is 5.59. The maximum Gasteiger partial charge on any atom is 0.203 e. The van der Waals surface area contributed by atoms with E-state index in [1.54, 1.807) is 7.11 Å². The lowest BCUT2D eigenvalue weighted by molar-refractivity contribution is 0.149. The Morgan fingerprint density at radius 1 is 1.26 bits per heavy atom. The number of hydrogen-bond acceptors (Lipinski definition) is 5. The van der Waals surface area contributed by atoms with E-state index in [0.29, 0.717) is 19.0 Å². The predicted octanol–water partition coefficient (Wildman–Crippen LogP) is 1.59. The number of rotatable bonds is 7. The molecule has 5 nitrogen and oxygen atoms in total. The van der Waals surface area contributed by atoms with Crippen LogP contribution in [-0.2, 0) is 11.3 Å². The van der Waals surface area contributed by atoms with Crippen molar-refractivity contribution in [2.75, 3.05) is 40.1 Å². The van der Waals surface area contributed by atoms with Gasteiger partial charge in [-0.25, -0.2) is 0 Å². The largest absolute Gasteiger partial charge is 0.493 e. The van der Waals surface area contributed by atoms with Crippen LogP contribution >= 0.6 is 0 Å². The monoisotopic (exact) mass is 267 g/mol. The Hall–Kier alpha value is -1.46. The van der Waals surface area contributed by atoms with Crippen LogP contribution in [0, 0.1) is 0 Å². The van der Waals surface area contributed by atoms with E-state index in [2.05, 4.69) is 5.32 Å². The zero-order valence-corrected chi connectivity index (χ0v) is 11.5. The molecule has 0 radical (unpaired) electrons. The standard InChI is InChI=1S/C14H21NO4/c1-3-17-5-4-15-10-11-8-12(16-2)14-13(9-11)18-6-7-19-14/h8-9,15H,3-7,10H2,1-2H3. The van der Waals surface area contributed by atoms with Gasteiger partial charge in [0.1, 0.15) is 13.2 Å². The summed E-state index contributed by atoms with van der Waals surface area (Å²) in [6.07, 6.45) is 0. The fourth-order valence-corrected chi connectivity index (χ4v) is 1.95. The summed E-state index contributed by atoms with van der Waals surface area (Å²) in [6.45, 7) is 6.18. The molecule has 0 atom stereocenters. The van der Waals surface area contributed by atoms with E-state index < -0.39 is 0 Å². The molecule has 0 fully saturated rings. The molecular formula is C14H21NO4. The molecule has 1 aromatic rings. The van der Waals surface area contributed by atoms with Crippen molar-refractivity contribution >= 4 is 0 Å². The summed E-state index contributed by atoms with van der Waals surface area (Å²) in [7, 11) is 1.64. The van der Waals surface area contributed by atoms with E-state index in [1.807, 2.05) is 19.1 Å². The fourth-order valence-electron chi connectivity index (χ4n) is 1.95. The first-order chi connectivity index (χ1) is 9.35. The zero-order chi connectivity index (χ0) is 13.5. The van der Waals surface area contributed by atoms with Crippen molar-refractivity contribution in [3.63, 3.8) is 0 Å². The first-order valence-electron chi connectivity index (χ1n) is 6.60. The highest BCUT2D eigenvalue weighted by molar-refractivity contribution is 5.54. The Morgan fingerprint density at radius 2 is 2.11 bits per heavy atom. The summed E-state index contributed by atoms with van der Waals surface area (Å²) in [4.78, 5) is 0. The summed E-state index contributed by atoms with van der Waals surface area (Å²) in [5.74, 6) is 2.18. The number of nitrogens with one attached hydrogen (secondary N) is 1. The van der Waals surface area contributed by atoms with Crippen molar-refractivity contribution in [2.45, 2.75) is 13.5 Å². The Morgan fingerprint density at radius 3 is 2.89 bits per heavy atom. The van der Waals surface area contributed by atoms with Gasteiger partial charge in [0.05, 0.1) is 13.7 Å². The Bertz CT molecular complexity index is 391.